The molecule has 0 saturated carbocycles. The zero-order valence-corrected chi connectivity index (χ0v) is 16.8. The number of hydrogen-bond acceptors (Lipinski definition) is 5. The van der Waals surface area contributed by atoms with Crippen LogP contribution in [0.15, 0.2) is 78.9 Å². The highest BCUT2D eigenvalue weighted by atomic mass is 16.5. The van der Waals surface area contributed by atoms with Gasteiger partial charge in [0.1, 0.15) is 12.4 Å². The molecule has 1 aliphatic rings. The van der Waals surface area contributed by atoms with E-state index in [1.54, 1.807) is 48.5 Å². The average Bonchev–Trinajstić information content (AvgIpc) is 3.06. The SMILES string of the molecule is O=C(OCCCN1C(=O)c2ccccc2C1=O)c1ccc(OCc2ccccc2)cc1. The Morgan fingerprint density at radius 2 is 1.39 bits per heavy atom. The fourth-order valence-corrected chi connectivity index (χ4v) is 3.34. The molecule has 0 aliphatic carbocycles. The summed E-state index contributed by atoms with van der Waals surface area (Å²) in [7, 11) is 0. The largest absolute Gasteiger partial charge is 0.489 e. The first-order valence-electron chi connectivity index (χ1n) is 10.0. The summed E-state index contributed by atoms with van der Waals surface area (Å²) in [6.07, 6.45) is 0.371. The molecule has 0 saturated heterocycles. The van der Waals surface area contributed by atoms with Crippen molar-refractivity contribution in [2.45, 2.75) is 13.0 Å². The monoisotopic (exact) mass is 415 g/mol. The Balaban J connectivity index is 1.22. The summed E-state index contributed by atoms with van der Waals surface area (Å²) in [5, 5.41) is 0. The van der Waals surface area contributed by atoms with Gasteiger partial charge in [-0.25, -0.2) is 4.79 Å². The van der Waals surface area contributed by atoms with Gasteiger partial charge in [-0.1, -0.05) is 42.5 Å². The maximum Gasteiger partial charge on any atom is 0.338 e. The number of rotatable bonds is 8. The lowest BCUT2D eigenvalue weighted by molar-refractivity contribution is 0.0482. The van der Waals surface area contributed by atoms with E-state index >= 15 is 0 Å². The highest BCUT2D eigenvalue weighted by Crippen LogP contribution is 2.22. The van der Waals surface area contributed by atoms with Crippen molar-refractivity contribution < 1.29 is 23.9 Å². The average molecular weight is 415 g/mol. The van der Waals surface area contributed by atoms with Crippen LogP contribution in [0.2, 0.25) is 0 Å². The highest BCUT2D eigenvalue weighted by molar-refractivity contribution is 6.21. The molecule has 0 fully saturated rings. The van der Waals surface area contributed by atoms with Crippen LogP contribution in [0.4, 0.5) is 0 Å². The first kappa shape index (κ1) is 20.3. The van der Waals surface area contributed by atoms with Crippen molar-refractivity contribution in [3.63, 3.8) is 0 Å². The van der Waals surface area contributed by atoms with Crippen LogP contribution in [0.25, 0.3) is 0 Å². The maximum absolute atomic E-state index is 12.3. The Hall–Kier alpha value is -3.93. The standard InChI is InChI=1S/C25H21NO5/c27-23-21-9-4-5-10-22(21)24(28)26(23)15-6-16-30-25(29)19-11-13-20(14-12-19)31-17-18-7-2-1-3-8-18/h1-5,7-14H,6,15-17H2. The quantitative estimate of drug-likeness (QED) is 0.315. The number of fused-ring (bicyclic) bond motifs is 1. The van der Waals surface area contributed by atoms with Crippen LogP contribution in [0, 0.1) is 0 Å². The van der Waals surface area contributed by atoms with E-state index < -0.39 is 5.97 Å². The van der Waals surface area contributed by atoms with Crippen LogP contribution in [0.5, 0.6) is 5.75 Å². The number of ether oxygens (including phenoxy) is 2. The molecule has 6 heteroatoms. The van der Waals surface area contributed by atoms with Gasteiger partial charge < -0.3 is 9.47 Å². The summed E-state index contributed by atoms with van der Waals surface area (Å²) in [5.74, 6) is -0.418. The molecular weight excluding hydrogens is 394 g/mol. The van der Waals surface area contributed by atoms with Gasteiger partial charge in [-0.05, 0) is 48.4 Å². The molecule has 31 heavy (non-hydrogen) atoms. The maximum atomic E-state index is 12.3. The molecule has 0 radical (unpaired) electrons. The number of esters is 1. The van der Waals surface area contributed by atoms with Crippen molar-refractivity contribution in [3.05, 3.63) is 101 Å². The van der Waals surface area contributed by atoms with Crippen molar-refractivity contribution in [1.29, 1.82) is 0 Å². The van der Waals surface area contributed by atoms with Gasteiger partial charge in [-0.3, -0.25) is 14.5 Å². The summed E-state index contributed by atoms with van der Waals surface area (Å²) in [4.78, 5) is 38.1. The van der Waals surface area contributed by atoms with Crippen LogP contribution in [0.1, 0.15) is 43.1 Å². The molecule has 0 atom stereocenters. The zero-order valence-electron chi connectivity index (χ0n) is 16.8. The van der Waals surface area contributed by atoms with Gasteiger partial charge in [0.15, 0.2) is 0 Å². The Morgan fingerprint density at radius 3 is 2.03 bits per heavy atom. The lowest BCUT2D eigenvalue weighted by Gasteiger charge is -2.13. The number of imide groups is 1. The second-order valence-electron chi connectivity index (χ2n) is 7.10. The molecule has 0 unspecified atom stereocenters. The number of amides is 2. The van der Waals surface area contributed by atoms with Crippen molar-refractivity contribution in [3.8, 4) is 5.75 Å². The molecule has 2 amide bonds. The molecule has 6 nitrogen and oxygen atoms in total. The van der Waals surface area contributed by atoms with Gasteiger partial charge in [-0.2, -0.15) is 0 Å². The summed E-state index contributed by atoms with van der Waals surface area (Å²) < 4.78 is 11.0. The van der Waals surface area contributed by atoms with Gasteiger partial charge in [0.25, 0.3) is 11.8 Å². The minimum Gasteiger partial charge on any atom is -0.489 e. The molecule has 0 spiro atoms. The third-order valence-electron chi connectivity index (χ3n) is 4.98. The predicted octanol–water partition coefficient (Wildman–Crippen LogP) is 4.11. The number of benzene rings is 3. The molecule has 0 bridgehead atoms. The molecule has 3 aromatic carbocycles. The van der Waals surface area contributed by atoms with Crippen LogP contribution >= 0.6 is 0 Å². The Morgan fingerprint density at radius 1 is 0.774 bits per heavy atom. The number of carbonyl (C=O) groups is 3. The molecule has 1 heterocycles. The summed E-state index contributed by atoms with van der Waals surface area (Å²) in [6, 6.07) is 23.3. The normalized spacial score (nSPS) is 12.6. The van der Waals surface area contributed by atoms with Gasteiger partial charge >= 0.3 is 5.97 Å². The van der Waals surface area contributed by atoms with E-state index in [1.165, 1.54) is 4.90 Å². The fraction of sp³-hybridized carbons (Fsp3) is 0.160. The van der Waals surface area contributed by atoms with Crippen molar-refractivity contribution >= 4 is 17.8 Å². The second-order valence-corrected chi connectivity index (χ2v) is 7.10. The van der Waals surface area contributed by atoms with Crippen LogP contribution in [-0.4, -0.2) is 35.8 Å². The summed E-state index contributed by atoms with van der Waals surface area (Å²) >= 11 is 0. The Kier molecular flexibility index (Phi) is 6.08. The molecule has 4 rings (SSSR count). The van der Waals surface area contributed by atoms with Gasteiger partial charge in [0.2, 0.25) is 0 Å². The number of carbonyl (C=O) groups excluding carboxylic acids is 3. The van der Waals surface area contributed by atoms with E-state index in [-0.39, 0.29) is 25.0 Å². The summed E-state index contributed by atoms with van der Waals surface area (Å²) in [6.45, 7) is 0.757. The van der Waals surface area contributed by atoms with E-state index in [9.17, 15) is 14.4 Å². The molecule has 1 aliphatic heterocycles. The van der Waals surface area contributed by atoms with E-state index in [4.69, 9.17) is 9.47 Å². The first-order valence-corrected chi connectivity index (χ1v) is 10.0. The topological polar surface area (TPSA) is 72.9 Å². The minimum absolute atomic E-state index is 0.110. The van der Waals surface area contributed by atoms with Crippen molar-refractivity contribution in [1.82, 2.24) is 4.90 Å². The molecule has 156 valence electrons. The lowest BCUT2D eigenvalue weighted by atomic mass is 10.1. The molecule has 3 aromatic rings. The third kappa shape index (κ3) is 4.64. The Bertz CT molecular complexity index is 1060. The third-order valence-corrected chi connectivity index (χ3v) is 4.98. The smallest absolute Gasteiger partial charge is 0.338 e. The first-order chi connectivity index (χ1) is 15.1. The van der Waals surface area contributed by atoms with Gasteiger partial charge in [-0.15, -0.1) is 0 Å². The Labute approximate surface area is 180 Å². The number of hydrogen-bond donors (Lipinski definition) is 0. The highest BCUT2D eigenvalue weighted by Gasteiger charge is 2.34. The van der Waals surface area contributed by atoms with E-state index in [2.05, 4.69) is 0 Å². The van der Waals surface area contributed by atoms with E-state index in [1.807, 2.05) is 30.3 Å². The van der Waals surface area contributed by atoms with E-state index in [0.717, 1.165) is 5.56 Å². The molecule has 0 N–H and O–H groups in total. The lowest BCUT2D eigenvalue weighted by Crippen LogP contribution is -2.31. The predicted molar refractivity (Wildman–Crippen MR) is 114 cm³/mol. The van der Waals surface area contributed by atoms with Gasteiger partial charge in [0, 0.05) is 6.54 Å². The van der Waals surface area contributed by atoms with Crippen LogP contribution in [-0.2, 0) is 11.3 Å². The van der Waals surface area contributed by atoms with E-state index in [0.29, 0.717) is 35.5 Å². The van der Waals surface area contributed by atoms with Crippen LogP contribution in [0.3, 0.4) is 0 Å². The molecule has 0 aromatic heterocycles. The zero-order chi connectivity index (χ0) is 21.6. The number of nitrogens with zero attached hydrogens (tertiary/aromatic N) is 1. The minimum atomic E-state index is -0.461. The van der Waals surface area contributed by atoms with Crippen LogP contribution < -0.4 is 4.74 Å². The second kappa shape index (κ2) is 9.26. The summed E-state index contributed by atoms with van der Waals surface area (Å²) in [5.41, 5.74) is 2.30. The fourth-order valence-electron chi connectivity index (χ4n) is 3.34. The molecular formula is C25H21NO5. The van der Waals surface area contributed by atoms with Gasteiger partial charge in [0.05, 0.1) is 23.3 Å². The van der Waals surface area contributed by atoms with Crippen molar-refractivity contribution in [2.75, 3.05) is 13.2 Å². The van der Waals surface area contributed by atoms with Crippen molar-refractivity contribution in [2.24, 2.45) is 0 Å².